The van der Waals surface area contributed by atoms with Crippen LogP contribution in [0.2, 0.25) is 0 Å². The van der Waals surface area contributed by atoms with Crippen molar-refractivity contribution in [3.63, 3.8) is 0 Å². The highest BCUT2D eigenvalue weighted by Gasteiger charge is 2.42. The van der Waals surface area contributed by atoms with Gasteiger partial charge in [-0.25, -0.2) is 0 Å². The minimum Gasteiger partial charge on any atom is -0.493 e. The number of nitrogens with one attached hydrogen (secondary N) is 1. The maximum absolute atomic E-state index is 13.4. The van der Waals surface area contributed by atoms with Crippen molar-refractivity contribution in [2.45, 2.75) is 19.5 Å². The van der Waals surface area contributed by atoms with Gasteiger partial charge < -0.3 is 18.8 Å². The van der Waals surface area contributed by atoms with Crippen molar-refractivity contribution in [3.8, 4) is 22.8 Å². The Morgan fingerprint density at radius 3 is 2.66 bits per heavy atom. The molecule has 7 heteroatoms. The van der Waals surface area contributed by atoms with Gasteiger partial charge in [0.25, 0.3) is 5.91 Å². The Hall–Kier alpha value is -4.00. The Bertz CT molecular complexity index is 1230. The maximum Gasteiger partial charge on any atom is 0.273 e. The molecule has 0 fully saturated rings. The third-order valence-corrected chi connectivity index (χ3v) is 5.62. The molecule has 5 rings (SSSR count). The van der Waals surface area contributed by atoms with E-state index in [0.29, 0.717) is 36.1 Å². The van der Waals surface area contributed by atoms with E-state index in [9.17, 15) is 4.79 Å². The summed E-state index contributed by atoms with van der Waals surface area (Å²) in [5.41, 5.74) is 3.95. The summed E-state index contributed by atoms with van der Waals surface area (Å²) in [7, 11) is 1.61. The monoisotopic (exact) mass is 429 g/mol. The highest BCUT2D eigenvalue weighted by molar-refractivity contribution is 6.00. The zero-order valence-corrected chi connectivity index (χ0v) is 17.9. The van der Waals surface area contributed by atoms with Crippen LogP contribution in [-0.4, -0.2) is 34.7 Å². The van der Waals surface area contributed by atoms with Gasteiger partial charge in [-0.2, -0.15) is 5.10 Å². The van der Waals surface area contributed by atoms with Gasteiger partial charge >= 0.3 is 0 Å². The molecule has 32 heavy (non-hydrogen) atoms. The molecule has 1 N–H and O–H groups in total. The zero-order valence-electron chi connectivity index (χ0n) is 17.9. The number of carbonyl (C=O) groups excluding carboxylic acids is 1. The number of methoxy groups -OCH3 is 1. The largest absolute Gasteiger partial charge is 0.493 e. The van der Waals surface area contributed by atoms with E-state index in [1.165, 1.54) is 0 Å². The van der Waals surface area contributed by atoms with Crippen molar-refractivity contribution in [3.05, 3.63) is 89.5 Å². The van der Waals surface area contributed by atoms with Crippen LogP contribution in [0.5, 0.6) is 11.5 Å². The van der Waals surface area contributed by atoms with E-state index in [-0.39, 0.29) is 11.9 Å². The van der Waals surface area contributed by atoms with E-state index in [1.807, 2.05) is 67.6 Å². The highest BCUT2D eigenvalue weighted by atomic mass is 16.5. The fourth-order valence-electron chi connectivity index (χ4n) is 4.22. The highest BCUT2D eigenvalue weighted by Crippen LogP contribution is 2.45. The SMILES string of the molecule is CCOc1ccc([C@@H]2c3c(-c4ccccc4)n[nH]c3C(=O)N2Cc2ccco2)cc1OC. The number of aromatic nitrogens is 2. The number of carbonyl (C=O) groups is 1. The summed E-state index contributed by atoms with van der Waals surface area (Å²) in [6, 6.07) is 19.0. The Balaban J connectivity index is 1.65. The van der Waals surface area contributed by atoms with Crippen molar-refractivity contribution in [1.82, 2.24) is 15.1 Å². The predicted molar refractivity (Wildman–Crippen MR) is 119 cm³/mol. The molecule has 0 aliphatic carbocycles. The molecule has 0 bridgehead atoms. The van der Waals surface area contributed by atoms with Gasteiger partial charge in [0.1, 0.15) is 11.5 Å². The number of hydrogen-bond donors (Lipinski definition) is 1. The molecular formula is C25H23N3O4. The second-order valence-electron chi connectivity index (χ2n) is 7.49. The summed E-state index contributed by atoms with van der Waals surface area (Å²) < 4.78 is 16.8. The van der Waals surface area contributed by atoms with Gasteiger partial charge in [0.2, 0.25) is 0 Å². The minimum atomic E-state index is -0.360. The fourth-order valence-corrected chi connectivity index (χ4v) is 4.22. The topological polar surface area (TPSA) is 80.6 Å². The van der Waals surface area contributed by atoms with Crippen LogP contribution in [-0.2, 0) is 6.54 Å². The minimum absolute atomic E-state index is 0.121. The van der Waals surface area contributed by atoms with Crippen molar-refractivity contribution in [1.29, 1.82) is 0 Å². The predicted octanol–water partition coefficient (Wildman–Crippen LogP) is 4.82. The van der Waals surface area contributed by atoms with E-state index in [2.05, 4.69) is 10.2 Å². The summed E-state index contributed by atoms with van der Waals surface area (Å²) >= 11 is 0. The lowest BCUT2D eigenvalue weighted by Crippen LogP contribution is -2.29. The molecule has 7 nitrogen and oxygen atoms in total. The number of aromatic amines is 1. The van der Waals surface area contributed by atoms with Gasteiger partial charge in [-0.3, -0.25) is 9.89 Å². The van der Waals surface area contributed by atoms with Crippen LogP contribution in [0, 0.1) is 0 Å². The number of benzene rings is 2. The number of nitrogens with zero attached hydrogens (tertiary/aromatic N) is 2. The summed E-state index contributed by atoms with van der Waals surface area (Å²) in [5.74, 6) is 1.87. The standard InChI is InChI=1S/C25H23N3O4/c1-3-31-19-12-11-17(14-20(19)30-2)24-21-22(16-8-5-4-6-9-16)26-27-23(21)25(29)28(24)15-18-10-7-13-32-18/h4-14,24H,3,15H2,1-2H3,(H,26,27)/t24-/m1/s1. The third kappa shape index (κ3) is 3.32. The van der Waals surface area contributed by atoms with E-state index < -0.39 is 0 Å². The number of fused-ring (bicyclic) bond motifs is 1. The fraction of sp³-hybridized carbons (Fsp3) is 0.200. The number of hydrogen-bond acceptors (Lipinski definition) is 5. The van der Waals surface area contributed by atoms with Crippen LogP contribution in [0.4, 0.5) is 0 Å². The lowest BCUT2D eigenvalue weighted by Gasteiger charge is -2.26. The van der Waals surface area contributed by atoms with E-state index >= 15 is 0 Å². The Kier molecular flexibility index (Phi) is 5.15. The number of ether oxygens (including phenoxy) is 2. The summed E-state index contributed by atoms with van der Waals surface area (Å²) in [5, 5.41) is 7.48. The molecule has 1 atom stereocenters. The Morgan fingerprint density at radius 2 is 1.94 bits per heavy atom. The molecule has 0 saturated carbocycles. The van der Waals surface area contributed by atoms with Crippen LogP contribution >= 0.6 is 0 Å². The molecule has 0 unspecified atom stereocenters. The van der Waals surface area contributed by atoms with Gasteiger partial charge in [0, 0.05) is 11.1 Å². The molecule has 3 heterocycles. The van der Waals surface area contributed by atoms with Crippen molar-refractivity contribution in [2.75, 3.05) is 13.7 Å². The average Bonchev–Trinajstić information content (AvgIpc) is 3.55. The number of furan rings is 1. The van der Waals surface area contributed by atoms with Gasteiger partial charge in [-0.1, -0.05) is 36.4 Å². The first kappa shape index (κ1) is 19.9. The normalized spacial score (nSPS) is 15.1. The van der Waals surface area contributed by atoms with Crippen molar-refractivity contribution in [2.24, 2.45) is 0 Å². The first-order valence-corrected chi connectivity index (χ1v) is 10.5. The van der Waals surface area contributed by atoms with Crippen LogP contribution < -0.4 is 9.47 Å². The number of H-pyrrole nitrogens is 1. The lowest BCUT2D eigenvalue weighted by atomic mass is 9.95. The second kappa shape index (κ2) is 8.26. The van der Waals surface area contributed by atoms with Gasteiger partial charge in [-0.05, 0) is 36.8 Å². The van der Waals surface area contributed by atoms with Gasteiger partial charge in [0.15, 0.2) is 11.5 Å². The molecule has 1 aliphatic heterocycles. The van der Waals surface area contributed by atoms with Crippen molar-refractivity contribution < 1.29 is 18.7 Å². The quantitative estimate of drug-likeness (QED) is 0.455. The molecule has 162 valence electrons. The number of rotatable bonds is 7. The third-order valence-electron chi connectivity index (χ3n) is 5.62. The van der Waals surface area contributed by atoms with E-state index in [4.69, 9.17) is 13.9 Å². The smallest absolute Gasteiger partial charge is 0.273 e. The van der Waals surface area contributed by atoms with Crippen LogP contribution in [0.1, 0.15) is 40.3 Å². The second-order valence-corrected chi connectivity index (χ2v) is 7.49. The zero-order chi connectivity index (χ0) is 22.1. The average molecular weight is 429 g/mol. The van der Waals surface area contributed by atoms with E-state index in [0.717, 1.165) is 22.4 Å². The first-order valence-electron chi connectivity index (χ1n) is 10.5. The van der Waals surface area contributed by atoms with Crippen LogP contribution in [0.25, 0.3) is 11.3 Å². The van der Waals surface area contributed by atoms with Gasteiger partial charge in [-0.15, -0.1) is 0 Å². The first-order chi connectivity index (χ1) is 15.7. The summed E-state index contributed by atoms with van der Waals surface area (Å²) in [6.45, 7) is 2.80. The maximum atomic E-state index is 13.4. The van der Waals surface area contributed by atoms with Crippen LogP contribution in [0.15, 0.2) is 71.3 Å². The molecule has 0 radical (unpaired) electrons. The molecular weight excluding hydrogens is 406 g/mol. The summed E-state index contributed by atoms with van der Waals surface area (Å²) in [4.78, 5) is 15.2. The lowest BCUT2D eigenvalue weighted by molar-refractivity contribution is 0.0716. The van der Waals surface area contributed by atoms with Crippen molar-refractivity contribution >= 4 is 5.91 Å². The molecule has 1 amide bonds. The molecule has 2 aromatic carbocycles. The van der Waals surface area contributed by atoms with Crippen LogP contribution in [0.3, 0.4) is 0 Å². The molecule has 4 aromatic rings. The molecule has 0 saturated heterocycles. The molecule has 2 aromatic heterocycles. The Labute approximate surface area is 185 Å². The number of amides is 1. The Morgan fingerprint density at radius 1 is 1.09 bits per heavy atom. The van der Waals surface area contributed by atoms with E-state index in [1.54, 1.807) is 18.3 Å². The van der Waals surface area contributed by atoms with Gasteiger partial charge in [0.05, 0.1) is 38.3 Å². The molecule has 1 aliphatic rings. The summed E-state index contributed by atoms with van der Waals surface area (Å²) in [6.07, 6.45) is 1.61. The molecule has 0 spiro atoms.